The molecule has 0 aliphatic heterocycles. The van der Waals surface area contributed by atoms with Gasteiger partial charge in [0.25, 0.3) is 0 Å². The van der Waals surface area contributed by atoms with Crippen molar-refractivity contribution in [2.24, 2.45) is 0 Å². The van der Waals surface area contributed by atoms with Gasteiger partial charge in [-0.25, -0.2) is 9.59 Å². The number of ketones is 1. The van der Waals surface area contributed by atoms with E-state index in [2.05, 4.69) is 10.1 Å². The van der Waals surface area contributed by atoms with Gasteiger partial charge in [-0.2, -0.15) is 0 Å². The van der Waals surface area contributed by atoms with Crippen LogP contribution in [0.15, 0.2) is 18.2 Å². The number of amides is 1. The van der Waals surface area contributed by atoms with Crippen LogP contribution in [0, 0.1) is 6.92 Å². The van der Waals surface area contributed by atoms with Gasteiger partial charge in [-0.15, -0.1) is 0 Å². The second-order valence-electron chi connectivity index (χ2n) is 6.08. The number of aliphatic carboxylic acids is 1. The Bertz CT molecular complexity index is 704. The number of nitrogens with one attached hydrogen (secondary N) is 1. The maximum atomic E-state index is 12.4. The fourth-order valence-corrected chi connectivity index (χ4v) is 2.40. The number of hydrogen-bond donors (Lipinski definition) is 2. The third kappa shape index (κ3) is 8.24. The molecule has 0 aliphatic carbocycles. The van der Waals surface area contributed by atoms with Crippen molar-refractivity contribution in [1.29, 1.82) is 0 Å². The Kier molecular flexibility index (Phi) is 8.65. The summed E-state index contributed by atoms with van der Waals surface area (Å²) in [6.07, 6.45) is -1.22. The average Bonchev–Trinajstić information content (AvgIpc) is 2.55. The zero-order valence-electron chi connectivity index (χ0n) is 15.1. The summed E-state index contributed by atoms with van der Waals surface area (Å²) in [7, 11) is 3.78. The van der Waals surface area contributed by atoms with Crippen molar-refractivity contribution in [2.75, 3.05) is 25.6 Å². The van der Waals surface area contributed by atoms with Gasteiger partial charge in [0.15, 0.2) is 5.78 Å². The molecule has 10 heteroatoms. The maximum absolute atomic E-state index is 12.4. The van der Waals surface area contributed by atoms with Gasteiger partial charge < -0.3 is 20.1 Å². The fraction of sp³-hybridized carbons (Fsp3) is 0.471. The summed E-state index contributed by atoms with van der Waals surface area (Å²) in [6, 6.07) is 4.07. The lowest BCUT2D eigenvalue weighted by molar-refractivity contribution is -0.139. The molecule has 1 aromatic rings. The lowest BCUT2D eigenvalue weighted by atomic mass is 9.99. The van der Waals surface area contributed by atoms with E-state index in [1.54, 1.807) is 19.1 Å². The quantitative estimate of drug-likeness (QED) is 0.475. The first-order chi connectivity index (χ1) is 12.4. The van der Waals surface area contributed by atoms with Gasteiger partial charge in [0, 0.05) is 31.8 Å². The molecule has 0 bridgehead atoms. The van der Waals surface area contributed by atoms with E-state index in [4.69, 9.17) is 34.8 Å². The molecule has 2 N–H and O–H groups in total. The molecule has 7 nitrogen and oxygen atoms in total. The number of aryl methyl sites for hydroxylation is 1. The molecule has 0 radical (unpaired) electrons. The standard InChI is InChI=1S/C17H21Cl3N2O5/c1-10-8-11(22(2)3)4-5-12(10)14(23)7-6-13(15(24)25)21-16(26)27-9-17(18,19)20/h4-5,8,13H,6-7,9H2,1-3H3,(H,21,26)(H,24,25). The predicted molar refractivity (Wildman–Crippen MR) is 105 cm³/mol. The highest BCUT2D eigenvalue weighted by molar-refractivity contribution is 6.67. The van der Waals surface area contributed by atoms with Crippen LogP contribution >= 0.6 is 34.8 Å². The molecule has 0 aromatic heterocycles. The summed E-state index contributed by atoms with van der Waals surface area (Å²) in [6.45, 7) is 1.27. The molecular weight excluding hydrogens is 419 g/mol. The molecule has 1 atom stereocenters. The SMILES string of the molecule is Cc1cc(N(C)C)ccc1C(=O)CCC(NC(=O)OCC(Cl)(Cl)Cl)C(=O)O. The smallest absolute Gasteiger partial charge is 0.407 e. The Morgan fingerprint density at radius 1 is 1.26 bits per heavy atom. The van der Waals surface area contributed by atoms with Crippen molar-refractivity contribution in [3.05, 3.63) is 29.3 Å². The van der Waals surface area contributed by atoms with E-state index in [1.165, 1.54) is 0 Å². The van der Waals surface area contributed by atoms with Gasteiger partial charge in [-0.3, -0.25) is 4.79 Å². The summed E-state index contributed by atoms with van der Waals surface area (Å²) in [5.74, 6) is -1.52. The number of carbonyl (C=O) groups excluding carboxylic acids is 2. The normalized spacial score (nSPS) is 12.2. The number of Topliss-reactive ketones (excluding diaryl/α,β-unsaturated/α-hetero) is 1. The van der Waals surface area contributed by atoms with Gasteiger partial charge in [0.2, 0.25) is 3.79 Å². The number of hydrogen-bond acceptors (Lipinski definition) is 5. The number of benzene rings is 1. The minimum Gasteiger partial charge on any atom is -0.480 e. The molecule has 0 aliphatic rings. The van der Waals surface area contributed by atoms with Gasteiger partial charge >= 0.3 is 12.1 Å². The molecule has 27 heavy (non-hydrogen) atoms. The molecule has 1 rings (SSSR count). The van der Waals surface area contributed by atoms with E-state index in [9.17, 15) is 19.5 Å². The molecule has 0 heterocycles. The minimum absolute atomic E-state index is 0.0656. The van der Waals surface area contributed by atoms with Crippen LogP contribution in [0.25, 0.3) is 0 Å². The van der Waals surface area contributed by atoms with Crippen molar-refractivity contribution in [1.82, 2.24) is 5.32 Å². The first kappa shape index (κ1) is 23.3. The summed E-state index contributed by atoms with van der Waals surface area (Å²) < 4.78 is 2.83. The third-order valence-electron chi connectivity index (χ3n) is 3.64. The molecule has 1 unspecified atom stereocenters. The van der Waals surface area contributed by atoms with E-state index in [1.807, 2.05) is 25.1 Å². The van der Waals surface area contributed by atoms with Crippen molar-refractivity contribution >= 4 is 58.3 Å². The second-order valence-corrected chi connectivity index (χ2v) is 8.60. The second kappa shape index (κ2) is 10.0. The number of ether oxygens (including phenoxy) is 1. The van der Waals surface area contributed by atoms with Crippen molar-refractivity contribution in [3.8, 4) is 0 Å². The predicted octanol–water partition coefficient (Wildman–Crippen LogP) is 3.57. The topological polar surface area (TPSA) is 95.9 Å². The Balaban J connectivity index is 2.67. The maximum Gasteiger partial charge on any atom is 0.407 e. The van der Waals surface area contributed by atoms with Gasteiger partial charge in [-0.1, -0.05) is 34.8 Å². The largest absolute Gasteiger partial charge is 0.480 e. The number of nitrogens with zero attached hydrogens (tertiary/aromatic N) is 1. The molecule has 150 valence electrons. The van der Waals surface area contributed by atoms with Crippen LogP contribution in [0.2, 0.25) is 0 Å². The lowest BCUT2D eigenvalue weighted by Gasteiger charge is -2.17. The summed E-state index contributed by atoms with van der Waals surface area (Å²) in [4.78, 5) is 37.2. The molecular formula is C17H21Cl3N2O5. The molecule has 0 saturated heterocycles. The average molecular weight is 440 g/mol. The minimum atomic E-state index is -1.80. The highest BCUT2D eigenvalue weighted by Crippen LogP contribution is 2.26. The summed E-state index contributed by atoms with van der Waals surface area (Å²) in [5, 5.41) is 11.4. The Labute approximate surface area is 172 Å². The van der Waals surface area contributed by atoms with Crippen molar-refractivity contribution < 1.29 is 24.2 Å². The number of carboxylic acid groups (broad SMARTS) is 1. The molecule has 0 fully saturated rings. The molecule has 1 aromatic carbocycles. The Morgan fingerprint density at radius 3 is 2.37 bits per heavy atom. The molecule has 1 amide bonds. The third-order valence-corrected chi connectivity index (χ3v) is 3.97. The zero-order chi connectivity index (χ0) is 20.8. The van der Waals surface area contributed by atoms with Crippen LogP contribution in [-0.4, -0.2) is 53.5 Å². The van der Waals surface area contributed by atoms with Crippen LogP contribution in [-0.2, 0) is 9.53 Å². The lowest BCUT2D eigenvalue weighted by Crippen LogP contribution is -2.42. The van der Waals surface area contributed by atoms with E-state index in [0.717, 1.165) is 11.3 Å². The van der Waals surface area contributed by atoms with E-state index in [0.29, 0.717) is 5.56 Å². The first-order valence-corrected chi connectivity index (χ1v) is 9.08. The van der Waals surface area contributed by atoms with Crippen LogP contribution in [0.4, 0.5) is 10.5 Å². The number of carbonyl (C=O) groups is 3. The van der Waals surface area contributed by atoms with E-state index in [-0.39, 0.29) is 18.6 Å². The van der Waals surface area contributed by atoms with Gasteiger partial charge in [0.05, 0.1) is 0 Å². The van der Waals surface area contributed by atoms with Gasteiger partial charge in [-0.05, 0) is 37.1 Å². The van der Waals surface area contributed by atoms with Crippen LogP contribution < -0.4 is 10.2 Å². The monoisotopic (exact) mass is 438 g/mol. The highest BCUT2D eigenvalue weighted by atomic mass is 35.6. The van der Waals surface area contributed by atoms with Crippen molar-refractivity contribution in [3.63, 3.8) is 0 Å². The number of anilines is 1. The van der Waals surface area contributed by atoms with Crippen LogP contribution in [0.3, 0.4) is 0 Å². The Hall–Kier alpha value is -1.70. The summed E-state index contributed by atoms with van der Waals surface area (Å²) in [5.41, 5.74) is 2.24. The van der Waals surface area contributed by atoms with E-state index < -0.39 is 28.5 Å². The number of alkyl carbamates (subject to hydrolysis) is 1. The van der Waals surface area contributed by atoms with Gasteiger partial charge in [0.1, 0.15) is 12.6 Å². The van der Waals surface area contributed by atoms with Crippen LogP contribution in [0.5, 0.6) is 0 Å². The zero-order valence-corrected chi connectivity index (χ0v) is 17.4. The number of alkyl halides is 3. The fourth-order valence-electron chi connectivity index (χ4n) is 2.24. The number of halogens is 3. The van der Waals surface area contributed by atoms with Crippen molar-refractivity contribution in [2.45, 2.75) is 29.6 Å². The summed E-state index contributed by atoms with van der Waals surface area (Å²) >= 11 is 16.4. The molecule has 0 spiro atoms. The number of carboxylic acids is 1. The highest BCUT2D eigenvalue weighted by Gasteiger charge is 2.26. The Morgan fingerprint density at radius 2 is 1.89 bits per heavy atom. The van der Waals surface area contributed by atoms with Crippen LogP contribution in [0.1, 0.15) is 28.8 Å². The molecule has 0 saturated carbocycles. The first-order valence-electron chi connectivity index (χ1n) is 7.94. The number of rotatable bonds is 8. The van der Waals surface area contributed by atoms with E-state index >= 15 is 0 Å².